The van der Waals surface area contributed by atoms with Gasteiger partial charge in [-0.2, -0.15) is 0 Å². The third-order valence-electron chi connectivity index (χ3n) is 4.67. The Kier molecular flexibility index (Phi) is 4.90. The average Bonchev–Trinajstić information content (AvgIpc) is 3.17. The summed E-state index contributed by atoms with van der Waals surface area (Å²) in [6, 6.07) is 0.343. The number of carbonyl (C=O) groups excluding carboxylic acids is 2. The minimum absolute atomic E-state index is 0.109. The van der Waals surface area contributed by atoms with Crippen LogP contribution in [0.5, 0.6) is 0 Å². The van der Waals surface area contributed by atoms with E-state index in [1.165, 1.54) is 24.2 Å². The lowest BCUT2D eigenvalue weighted by molar-refractivity contribution is -0.129. The van der Waals surface area contributed by atoms with E-state index in [1.807, 2.05) is 4.90 Å². The van der Waals surface area contributed by atoms with Crippen molar-refractivity contribution in [1.29, 1.82) is 0 Å². The van der Waals surface area contributed by atoms with E-state index in [1.54, 1.807) is 0 Å². The van der Waals surface area contributed by atoms with Gasteiger partial charge in [-0.1, -0.05) is 44.9 Å². The quantitative estimate of drug-likeness (QED) is 0.906. The van der Waals surface area contributed by atoms with Crippen LogP contribution in [0.1, 0.15) is 57.9 Å². The second kappa shape index (κ2) is 6.78. The van der Waals surface area contributed by atoms with Gasteiger partial charge < -0.3 is 10.2 Å². The van der Waals surface area contributed by atoms with Crippen LogP contribution < -0.4 is 5.32 Å². The number of anilines is 1. The van der Waals surface area contributed by atoms with E-state index in [0.717, 1.165) is 24.3 Å². The molecule has 0 radical (unpaired) electrons. The van der Waals surface area contributed by atoms with E-state index in [-0.39, 0.29) is 23.1 Å². The minimum atomic E-state index is -0.270. The Balaban J connectivity index is 1.56. The molecule has 132 valence electrons. The molecule has 1 aliphatic heterocycles. The third-order valence-corrected chi connectivity index (χ3v) is 5.51. The second-order valence-corrected chi connectivity index (χ2v) is 9.18. The van der Waals surface area contributed by atoms with Crippen molar-refractivity contribution in [2.45, 2.75) is 65.3 Å². The fourth-order valence-electron chi connectivity index (χ4n) is 3.51. The van der Waals surface area contributed by atoms with Crippen LogP contribution in [0.2, 0.25) is 0 Å². The van der Waals surface area contributed by atoms with Crippen LogP contribution in [-0.4, -0.2) is 39.5 Å². The molecule has 1 saturated carbocycles. The summed E-state index contributed by atoms with van der Waals surface area (Å²) in [5.74, 6) is -0.261. The van der Waals surface area contributed by atoms with Crippen molar-refractivity contribution in [3.63, 3.8) is 0 Å². The first-order valence-electron chi connectivity index (χ1n) is 8.74. The van der Waals surface area contributed by atoms with Gasteiger partial charge in [0.05, 0.1) is 5.92 Å². The van der Waals surface area contributed by atoms with E-state index < -0.39 is 0 Å². The van der Waals surface area contributed by atoms with Crippen molar-refractivity contribution in [1.82, 2.24) is 15.1 Å². The van der Waals surface area contributed by atoms with Crippen LogP contribution in [0, 0.1) is 11.3 Å². The molecule has 1 atom stereocenters. The first-order chi connectivity index (χ1) is 11.3. The summed E-state index contributed by atoms with van der Waals surface area (Å²) in [5, 5.41) is 12.5. The summed E-state index contributed by atoms with van der Waals surface area (Å²) in [6.45, 7) is 6.99. The fourth-order valence-corrected chi connectivity index (χ4v) is 4.56. The molecule has 1 aromatic heterocycles. The summed E-state index contributed by atoms with van der Waals surface area (Å²) in [6.07, 6.45) is 5.67. The van der Waals surface area contributed by atoms with Crippen molar-refractivity contribution in [3.8, 4) is 0 Å². The Morgan fingerprint density at radius 3 is 2.67 bits per heavy atom. The summed E-state index contributed by atoms with van der Waals surface area (Å²) >= 11 is 1.42. The van der Waals surface area contributed by atoms with Gasteiger partial charge in [0.1, 0.15) is 5.01 Å². The molecule has 2 amide bonds. The van der Waals surface area contributed by atoms with Gasteiger partial charge in [-0.15, -0.1) is 10.2 Å². The lowest BCUT2D eigenvalue weighted by atomic mass is 9.93. The molecule has 3 rings (SSSR count). The molecule has 0 aromatic carbocycles. The summed E-state index contributed by atoms with van der Waals surface area (Å²) in [4.78, 5) is 26.6. The van der Waals surface area contributed by atoms with Gasteiger partial charge in [0.15, 0.2) is 0 Å². The highest BCUT2D eigenvalue weighted by molar-refractivity contribution is 7.15. The van der Waals surface area contributed by atoms with Crippen LogP contribution in [0.4, 0.5) is 5.13 Å². The molecule has 1 aliphatic carbocycles. The molecule has 0 unspecified atom stereocenters. The molecule has 1 N–H and O–H groups in total. The van der Waals surface area contributed by atoms with E-state index in [2.05, 4.69) is 36.3 Å². The van der Waals surface area contributed by atoms with Crippen LogP contribution in [0.15, 0.2) is 0 Å². The van der Waals surface area contributed by atoms with E-state index in [0.29, 0.717) is 24.1 Å². The Morgan fingerprint density at radius 2 is 2.00 bits per heavy atom. The highest BCUT2D eigenvalue weighted by atomic mass is 32.1. The molecule has 24 heavy (non-hydrogen) atoms. The number of nitrogens with zero attached hydrogens (tertiary/aromatic N) is 3. The molecule has 1 aromatic rings. The number of nitrogens with one attached hydrogen (secondary N) is 1. The maximum absolute atomic E-state index is 12.5. The van der Waals surface area contributed by atoms with Crippen molar-refractivity contribution in [2.24, 2.45) is 11.3 Å². The maximum Gasteiger partial charge on any atom is 0.231 e. The van der Waals surface area contributed by atoms with Gasteiger partial charge in [-0.25, -0.2) is 0 Å². The van der Waals surface area contributed by atoms with Crippen molar-refractivity contribution >= 4 is 28.3 Å². The SMILES string of the molecule is CC(C)(C)Cc1nnc(NC(=O)[C@@H]2CC(=O)N(C3CCCC3)C2)s1. The highest BCUT2D eigenvalue weighted by Gasteiger charge is 2.38. The summed E-state index contributed by atoms with van der Waals surface area (Å²) in [5.41, 5.74) is 0.139. The van der Waals surface area contributed by atoms with Gasteiger partial charge >= 0.3 is 0 Å². The molecule has 1 saturated heterocycles. The summed E-state index contributed by atoms with van der Waals surface area (Å²) < 4.78 is 0. The number of hydrogen-bond donors (Lipinski definition) is 1. The fraction of sp³-hybridized carbons (Fsp3) is 0.765. The van der Waals surface area contributed by atoms with Crippen molar-refractivity contribution in [2.75, 3.05) is 11.9 Å². The Hall–Kier alpha value is -1.50. The van der Waals surface area contributed by atoms with Crippen LogP contribution in [0.3, 0.4) is 0 Å². The minimum Gasteiger partial charge on any atom is -0.339 e. The lowest BCUT2D eigenvalue weighted by Crippen LogP contribution is -2.35. The molecular weight excluding hydrogens is 324 g/mol. The van der Waals surface area contributed by atoms with Crippen molar-refractivity contribution in [3.05, 3.63) is 5.01 Å². The second-order valence-electron chi connectivity index (χ2n) is 8.11. The number of hydrogen-bond acceptors (Lipinski definition) is 5. The molecule has 0 bridgehead atoms. The van der Waals surface area contributed by atoms with Gasteiger partial charge in [0.25, 0.3) is 0 Å². The smallest absolute Gasteiger partial charge is 0.231 e. The zero-order chi connectivity index (χ0) is 17.3. The first kappa shape index (κ1) is 17.3. The number of carbonyl (C=O) groups is 2. The van der Waals surface area contributed by atoms with E-state index >= 15 is 0 Å². The van der Waals surface area contributed by atoms with Crippen LogP contribution >= 0.6 is 11.3 Å². The Labute approximate surface area is 147 Å². The number of likely N-dealkylation sites (tertiary alicyclic amines) is 1. The molecule has 6 nitrogen and oxygen atoms in total. The standard InChI is InChI=1S/C17H26N4O2S/c1-17(2,3)9-13-19-20-16(24-13)18-15(23)11-8-14(22)21(10-11)12-6-4-5-7-12/h11-12H,4-10H2,1-3H3,(H,18,20,23)/t11-/m1/s1. The molecular formula is C17H26N4O2S. The Bertz CT molecular complexity index is 616. The summed E-state index contributed by atoms with van der Waals surface area (Å²) in [7, 11) is 0. The van der Waals surface area contributed by atoms with Gasteiger partial charge in [-0.3, -0.25) is 9.59 Å². The Morgan fingerprint density at radius 1 is 1.29 bits per heavy atom. The van der Waals surface area contributed by atoms with Crippen molar-refractivity contribution < 1.29 is 9.59 Å². The van der Waals surface area contributed by atoms with Gasteiger partial charge in [0, 0.05) is 25.4 Å². The van der Waals surface area contributed by atoms with Gasteiger partial charge in [-0.05, 0) is 18.3 Å². The third kappa shape index (κ3) is 4.12. The molecule has 0 spiro atoms. The normalized spacial score (nSPS) is 22.4. The largest absolute Gasteiger partial charge is 0.339 e. The monoisotopic (exact) mass is 350 g/mol. The zero-order valence-electron chi connectivity index (χ0n) is 14.7. The molecule has 2 heterocycles. The number of aromatic nitrogens is 2. The predicted molar refractivity (Wildman–Crippen MR) is 93.8 cm³/mol. The number of rotatable bonds is 4. The van der Waals surface area contributed by atoms with Crippen LogP contribution in [-0.2, 0) is 16.0 Å². The first-order valence-corrected chi connectivity index (χ1v) is 9.56. The molecule has 7 heteroatoms. The molecule has 2 aliphatic rings. The van der Waals surface area contributed by atoms with Gasteiger partial charge in [0.2, 0.25) is 16.9 Å². The maximum atomic E-state index is 12.5. The van der Waals surface area contributed by atoms with E-state index in [9.17, 15) is 9.59 Å². The average molecular weight is 350 g/mol. The topological polar surface area (TPSA) is 75.2 Å². The van der Waals surface area contributed by atoms with Crippen LogP contribution in [0.25, 0.3) is 0 Å². The lowest BCUT2D eigenvalue weighted by Gasteiger charge is -2.23. The van der Waals surface area contributed by atoms with E-state index in [4.69, 9.17) is 0 Å². The number of amides is 2. The predicted octanol–water partition coefficient (Wildman–Crippen LogP) is 2.86. The molecule has 2 fully saturated rings. The highest BCUT2D eigenvalue weighted by Crippen LogP contribution is 2.30. The zero-order valence-corrected chi connectivity index (χ0v) is 15.5.